The van der Waals surface area contributed by atoms with Gasteiger partial charge in [0.15, 0.2) is 0 Å². The fourth-order valence-corrected chi connectivity index (χ4v) is 4.27. The number of nitrogens with one attached hydrogen (secondary N) is 1. The second-order valence-electron chi connectivity index (χ2n) is 7.82. The number of aromatic amines is 1. The molecule has 1 saturated heterocycles. The molecule has 1 amide bonds. The van der Waals surface area contributed by atoms with Gasteiger partial charge in [-0.2, -0.15) is 0 Å². The Kier molecular flexibility index (Phi) is 4.24. The molecule has 2 heterocycles. The van der Waals surface area contributed by atoms with E-state index in [2.05, 4.69) is 65.4 Å². The SMILES string of the molecule is CC1(CC(=O)N2CCC(c3ccccc3)CC2)C=Cc2[nH]ccc2C1. The van der Waals surface area contributed by atoms with Crippen LogP contribution in [-0.4, -0.2) is 28.9 Å². The highest BCUT2D eigenvalue weighted by atomic mass is 16.2. The standard InChI is InChI=1S/C22H26N2O/c1-22(11-7-20-19(15-22)8-12-23-20)16-21(25)24-13-9-18(10-14-24)17-5-3-2-4-6-17/h2-8,11-12,18,23H,9-10,13-16H2,1H3. The predicted molar refractivity (Wildman–Crippen MR) is 101 cm³/mol. The molecule has 2 aliphatic rings. The molecule has 4 rings (SSSR count). The number of allylic oxidation sites excluding steroid dienone is 1. The van der Waals surface area contributed by atoms with Crippen LogP contribution in [0.4, 0.5) is 0 Å². The number of piperidine rings is 1. The van der Waals surface area contributed by atoms with Crippen molar-refractivity contribution in [3.8, 4) is 0 Å². The first-order valence-electron chi connectivity index (χ1n) is 9.31. The number of hydrogen-bond donors (Lipinski definition) is 1. The summed E-state index contributed by atoms with van der Waals surface area (Å²) in [5.41, 5.74) is 3.86. The minimum Gasteiger partial charge on any atom is -0.361 e. The minimum atomic E-state index is -0.0669. The molecule has 0 bridgehead atoms. The molecule has 3 heteroatoms. The lowest BCUT2D eigenvalue weighted by Gasteiger charge is -2.35. The maximum atomic E-state index is 12.8. The van der Waals surface area contributed by atoms with Crippen molar-refractivity contribution in [2.45, 2.75) is 38.5 Å². The second-order valence-corrected chi connectivity index (χ2v) is 7.82. The normalized spacial score (nSPS) is 23.5. The fraction of sp³-hybridized carbons (Fsp3) is 0.409. The van der Waals surface area contributed by atoms with Crippen molar-refractivity contribution in [1.29, 1.82) is 0 Å². The quantitative estimate of drug-likeness (QED) is 0.888. The Hall–Kier alpha value is -2.29. The molecule has 3 nitrogen and oxygen atoms in total. The van der Waals surface area contributed by atoms with Crippen molar-refractivity contribution < 1.29 is 4.79 Å². The summed E-state index contributed by atoms with van der Waals surface area (Å²) in [6.45, 7) is 3.97. The largest absolute Gasteiger partial charge is 0.361 e. The van der Waals surface area contributed by atoms with Crippen molar-refractivity contribution in [1.82, 2.24) is 9.88 Å². The van der Waals surface area contributed by atoms with Crippen molar-refractivity contribution in [2.75, 3.05) is 13.1 Å². The Morgan fingerprint density at radius 3 is 2.72 bits per heavy atom. The third kappa shape index (κ3) is 3.41. The van der Waals surface area contributed by atoms with Crippen LogP contribution >= 0.6 is 0 Å². The lowest BCUT2D eigenvalue weighted by molar-refractivity contribution is -0.134. The zero-order valence-electron chi connectivity index (χ0n) is 14.9. The van der Waals surface area contributed by atoms with Gasteiger partial charge in [0.2, 0.25) is 5.91 Å². The first-order chi connectivity index (χ1) is 12.1. The van der Waals surface area contributed by atoms with E-state index in [1.54, 1.807) is 0 Å². The van der Waals surface area contributed by atoms with E-state index < -0.39 is 0 Å². The smallest absolute Gasteiger partial charge is 0.223 e. The van der Waals surface area contributed by atoms with E-state index in [9.17, 15) is 4.79 Å². The first kappa shape index (κ1) is 16.2. The summed E-state index contributed by atoms with van der Waals surface area (Å²) in [6, 6.07) is 12.8. The molecule has 1 unspecified atom stereocenters. The lowest BCUT2D eigenvalue weighted by Crippen LogP contribution is -2.40. The number of rotatable bonds is 3. The van der Waals surface area contributed by atoms with Gasteiger partial charge in [-0.05, 0) is 53.9 Å². The van der Waals surface area contributed by atoms with E-state index in [1.807, 2.05) is 6.20 Å². The highest BCUT2D eigenvalue weighted by Crippen LogP contribution is 2.36. The maximum Gasteiger partial charge on any atom is 0.223 e. The fourth-order valence-electron chi connectivity index (χ4n) is 4.27. The molecule has 130 valence electrons. The Morgan fingerprint density at radius 1 is 1.20 bits per heavy atom. The topological polar surface area (TPSA) is 36.1 Å². The van der Waals surface area contributed by atoms with Gasteiger partial charge < -0.3 is 9.88 Å². The molecule has 0 saturated carbocycles. The number of likely N-dealkylation sites (tertiary alicyclic amines) is 1. The number of amides is 1. The number of H-pyrrole nitrogens is 1. The number of carbonyl (C=O) groups excluding carboxylic acids is 1. The third-order valence-electron chi connectivity index (χ3n) is 5.79. The molecular weight excluding hydrogens is 308 g/mol. The van der Waals surface area contributed by atoms with Crippen LogP contribution < -0.4 is 0 Å². The zero-order chi connectivity index (χ0) is 17.3. The average Bonchev–Trinajstić information content (AvgIpc) is 3.09. The number of fused-ring (bicyclic) bond motifs is 1. The third-order valence-corrected chi connectivity index (χ3v) is 5.79. The molecule has 1 aromatic carbocycles. The van der Waals surface area contributed by atoms with Crippen molar-refractivity contribution in [2.24, 2.45) is 5.41 Å². The molecular formula is C22H26N2O. The summed E-state index contributed by atoms with van der Waals surface area (Å²) in [7, 11) is 0. The maximum absolute atomic E-state index is 12.8. The molecule has 1 aromatic heterocycles. The van der Waals surface area contributed by atoms with Crippen molar-refractivity contribution >= 4 is 12.0 Å². The number of carbonyl (C=O) groups is 1. The zero-order valence-corrected chi connectivity index (χ0v) is 14.9. The van der Waals surface area contributed by atoms with E-state index >= 15 is 0 Å². The van der Waals surface area contributed by atoms with Crippen molar-refractivity contribution in [3.05, 3.63) is 65.5 Å². The van der Waals surface area contributed by atoms with E-state index in [-0.39, 0.29) is 5.41 Å². The number of hydrogen-bond acceptors (Lipinski definition) is 1. The van der Waals surface area contributed by atoms with Crippen LogP contribution in [0.1, 0.15) is 48.9 Å². The van der Waals surface area contributed by atoms with Crippen LogP contribution in [-0.2, 0) is 11.2 Å². The van der Waals surface area contributed by atoms with Crippen molar-refractivity contribution in [3.63, 3.8) is 0 Å². The second kappa shape index (κ2) is 6.55. The van der Waals surface area contributed by atoms with Gasteiger partial charge in [-0.15, -0.1) is 0 Å². The Bertz CT molecular complexity index is 768. The highest BCUT2D eigenvalue weighted by Gasteiger charge is 2.32. The van der Waals surface area contributed by atoms with Crippen LogP contribution in [0, 0.1) is 5.41 Å². The Morgan fingerprint density at radius 2 is 1.96 bits per heavy atom. The minimum absolute atomic E-state index is 0.0669. The van der Waals surface area contributed by atoms with Gasteiger partial charge >= 0.3 is 0 Å². The molecule has 1 aliphatic heterocycles. The van der Waals surface area contributed by atoms with E-state index in [4.69, 9.17) is 0 Å². The monoisotopic (exact) mass is 334 g/mol. The highest BCUT2D eigenvalue weighted by molar-refractivity contribution is 5.78. The molecule has 0 radical (unpaired) electrons. The van der Waals surface area contributed by atoms with E-state index in [0.29, 0.717) is 18.2 Å². The summed E-state index contributed by atoms with van der Waals surface area (Å²) in [5, 5.41) is 0. The van der Waals surface area contributed by atoms with Gasteiger partial charge in [-0.1, -0.05) is 43.3 Å². The Labute approximate surface area is 149 Å². The first-order valence-corrected chi connectivity index (χ1v) is 9.31. The number of benzene rings is 1. The number of nitrogens with zero attached hydrogens (tertiary/aromatic N) is 1. The van der Waals surface area contributed by atoms with Crippen LogP contribution in [0.5, 0.6) is 0 Å². The van der Waals surface area contributed by atoms with E-state index in [1.165, 1.54) is 16.8 Å². The van der Waals surface area contributed by atoms with Crippen LogP contribution in [0.3, 0.4) is 0 Å². The molecule has 1 aliphatic carbocycles. The average molecular weight is 334 g/mol. The molecule has 1 atom stereocenters. The summed E-state index contributed by atoms with van der Waals surface area (Å²) < 4.78 is 0. The molecule has 0 spiro atoms. The van der Waals surface area contributed by atoms with Gasteiger partial charge in [-0.25, -0.2) is 0 Å². The van der Waals surface area contributed by atoms with Gasteiger partial charge in [0.05, 0.1) is 0 Å². The summed E-state index contributed by atoms with van der Waals surface area (Å²) in [5.74, 6) is 0.899. The van der Waals surface area contributed by atoms with Crippen LogP contribution in [0.2, 0.25) is 0 Å². The van der Waals surface area contributed by atoms with Crippen LogP contribution in [0.15, 0.2) is 48.7 Å². The lowest BCUT2D eigenvalue weighted by atomic mass is 9.76. The van der Waals surface area contributed by atoms with Crippen LogP contribution in [0.25, 0.3) is 6.08 Å². The van der Waals surface area contributed by atoms with E-state index in [0.717, 1.165) is 32.4 Å². The summed E-state index contributed by atoms with van der Waals surface area (Å²) in [4.78, 5) is 18.2. The Balaban J connectivity index is 1.35. The van der Waals surface area contributed by atoms with Gasteiger partial charge in [0.25, 0.3) is 0 Å². The molecule has 1 N–H and O–H groups in total. The summed E-state index contributed by atoms with van der Waals surface area (Å²) in [6.07, 6.45) is 10.0. The summed E-state index contributed by atoms with van der Waals surface area (Å²) >= 11 is 0. The molecule has 25 heavy (non-hydrogen) atoms. The van der Waals surface area contributed by atoms with Gasteiger partial charge in [-0.3, -0.25) is 4.79 Å². The predicted octanol–water partition coefficient (Wildman–Crippen LogP) is 4.39. The van der Waals surface area contributed by atoms with Gasteiger partial charge in [0.1, 0.15) is 0 Å². The molecule has 2 aromatic rings. The number of aromatic nitrogens is 1. The van der Waals surface area contributed by atoms with Gasteiger partial charge in [0, 0.05) is 31.4 Å². The molecule has 1 fully saturated rings.